The number of ether oxygens (including phenoxy) is 2. The maximum atomic E-state index is 12.0. The second kappa shape index (κ2) is 15.4. The summed E-state index contributed by atoms with van der Waals surface area (Å²) in [6, 6.07) is 17.9. The van der Waals surface area contributed by atoms with Crippen molar-refractivity contribution in [1.82, 2.24) is 0 Å². The first-order valence-corrected chi connectivity index (χ1v) is 14.3. The number of benzene rings is 2. The number of aliphatic hydroxyl groups excluding tert-OH is 1. The Labute approximate surface area is 233 Å². The third-order valence-electron chi connectivity index (χ3n) is 7.86. The predicted octanol–water partition coefficient (Wildman–Crippen LogP) is 7.19. The molecule has 0 heterocycles. The lowest BCUT2D eigenvalue weighted by Crippen LogP contribution is -2.30. The number of esters is 2. The summed E-state index contributed by atoms with van der Waals surface area (Å²) in [4.78, 5) is 24.0. The van der Waals surface area contributed by atoms with Crippen LogP contribution in [0.2, 0.25) is 0 Å². The van der Waals surface area contributed by atoms with Gasteiger partial charge in [-0.15, -0.1) is 0 Å². The van der Waals surface area contributed by atoms with Gasteiger partial charge >= 0.3 is 11.9 Å². The third kappa shape index (κ3) is 9.21. The zero-order chi connectivity index (χ0) is 28.2. The van der Waals surface area contributed by atoms with Gasteiger partial charge in [-0.1, -0.05) is 81.5 Å². The molecule has 0 saturated heterocycles. The molecule has 210 valence electrons. The van der Waals surface area contributed by atoms with E-state index in [1.54, 1.807) is 6.92 Å². The van der Waals surface area contributed by atoms with Gasteiger partial charge in [0.2, 0.25) is 0 Å². The molecule has 0 bridgehead atoms. The summed E-state index contributed by atoms with van der Waals surface area (Å²) in [5.74, 6) is -0.423. The van der Waals surface area contributed by atoms with E-state index in [1.165, 1.54) is 41.5 Å². The molecule has 5 nitrogen and oxygen atoms in total. The summed E-state index contributed by atoms with van der Waals surface area (Å²) in [6.45, 7) is 10.9. The zero-order valence-electron chi connectivity index (χ0n) is 23.6. The molecule has 1 fully saturated rings. The Morgan fingerprint density at radius 1 is 0.872 bits per heavy atom. The van der Waals surface area contributed by atoms with E-state index >= 15 is 0 Å². The lowest BCUT2D eigenvalue weighted by molar-refractivity contribution is -0.146. The minimum Gasteiger partial charge on any atom is -0.462 e. The SMILES string of the molecule is C=C(C)C(=O)OCC(COC(=O)C(=C)CO)C1CCC(c2ccc(-c3ccc(CCCCC)cc3)cc2)CC1. The van der Waals surface area contributed by atoms with Crippen LogP contribution in [0.4, 0.5) is 0 Å². The highest BCUT2D eigenvalue weighted by atomic mass is 16.5. The first kappa shape index (κ1) is 30.4. The van der Waals surface area contributed by atoms with Gasteiger partial charge in [-0.25, -0.2) is 9.59 Å². The van der Waals surface area contributed by atoms with Gasteiger partial charge in [0, 0.05) is 11.5 Å². The molecule has 1 aliphatic rings. The molecular weight excluding hydrogens is 488 g/mol. The Morgan fingerprint density at radius 3 is 1.97 bits per heavy atom. The molecule has 0 aliphatic heterocycles. The Bertz CT molecular complexity index is 1090. The third-order valence-corrected chi connectivity index (χ3v) is 7.86. The summed E-state index contributed by atoms with van der Waals surface area (Å²) >= 11 is 0. The molecule has 0 radical (unpaired) electrons. The van der Waals surface area contributed by atoms with E-state index in [0.29, 0.717) is 11.5 Å². The van der Waals surface area contributed by atoms with E-state index in [9.17, 15) is 9.59 Å². The fourth-order valence-corrected chi connectivity index (χ4v) is 5.29. The molecule has 2 aromatic carbocycles. The fourth-order valence-electron chi connectivity index (χ4n) is 5.29. The standard InChI is InChI=1S/C34H44O5/c1-5-6-7-8-26-9-11-27(12-10-26)28-13-15-29(16-14-28)30-17-19-31(20-18-30)32(22-38-33(36)24(2)3)23-39-34(37)25(4)21-35/h9-16,30-32,35H,2,4-8,17-23H2,1,3H3. The Kier molecular flexibility index (Phi) is 12.0. The maximum Gasteiger partial charge on any atom is 0.335 e. The topological polar surface area (TPSA) is 72.8 Å². The zero-order valence-corrected chi connectivity index (χ0v) is 23.6. The molecule has 1 N–H and O–H groups in total. The van der Waals surface area contributed by atoms with Gasteiger partial charge in [-0.2, -0.15) is 0 Å². The van der Waals surface area contributed by atoms with Crippen LogP contribution >= 0.6 is 0 Å². The minimum atomic E-state index is -0.617. The maximum absolute atomic E-state index is 12.0. The van der Waals surface area contributed by atoms with Crippen molar-refractivity contribution in [3.8, 4) is 11.1 Å². The highest BCUT2D eigenvalue weighted by Crippen LogP contribution is 2.39. The van der Waals surface area contributed by atoms with Crippen LogP contribution < -0.4 is 0 Å². The van der Waals surface area contributed by atoms with Crippen molar-refractivity contribution >= 4 is 11.9 Å². The van der Waals surface area contributed by atoms with Gasteiger partial charge in [0.25, 0.3) is 0 Å². The quantitative estimate of drug-likeness (QED) is 0.158. The summed E-state index contributed by atoms with van der Waals surface area (Å²) in [5, 5.41) is 9.14. The van der Waals surface area contributed by atoms with Crippen LogP contribution in [0.5, 0.6) is 0 Å². The van der Waals surface area contributed by atoms with Gasteiger partial charge in [0.05, 0.1) is 25.4 Å². The van der Waals surface area contributed by atoms with Crippen molar-refractivity contribution in [3.63, 3.8) is 0 Å². The smallest absolute Gasteiger partial charge is 0.335 e. The van der Waals surface area contributed by atoms with Crippen molar-refractivity contribution in [2.24, 2.45) is 11.8 Å². The van der Waals surface area contributed by atoms with E-state index in [0.717, 1.165) is 32.1 Å². The second-order valence-electron chi connectivity index (χ2n) is 10.9. The Morgan fingerprint density at radius 2 is 1.44 bits per heavy atom. The van der Waals surface area contributed by atoms with E-state index < -0.39 is 18.5 Å². The van der Waals surface area contributed by atoms with E-state index in [1.807, 2.05) is 0 Å². The minimum absolute atomic E-state index is 0.0164. The highest BCUT2D eigenvalue weighted by molar-refractivity contribution is 5.88. The molecule has 1 atom stereocenters. The van der Waals surface area contributed by atoms with Crippen LogP contribution in [0.15, 0.2) is 72.8 Å². The number of hydrogen-bond donors (Lipinski definition) is 1. The first-order chi connectivity index (χ1) is 18.8. The molecule has 39 heavy (non-hydrogen) atoms. The molecule has 0 aromatic heterocycles. The van der Waals surface area contributed by atoms with Gasteiger partial charge in [-0.3, -0.25) is 0 Å². The van der Waals surface area contributed by atoms with E-state index in [4.69, 9.17) is 14.6 Å². The summed E-state index contributed by atoms with van der Waals surface area (Å²) in [5.41, 5.74) is 5.59. The molecule has 2 aromatic rings. The van der Waals surface area contributed by atoms with Crippen LogP contribution in [0.25, 0.3) is 11.1 Å². The Hall–Kier alpha value is -3.18. The average molecular weight is 533 g/mol. The van der Waals surface area contributed by atoms with Crippen LogP contribution in [0, 0.1) is 11.8 Å². The number of rotatable bonds is 14. The number of aryl methyl sites for hydroxylation is 1. The van der Waals surface area contributed by atoms with E-state index in [2.05, 4.69) is 68.6 Å². The highest BCUT2D eigenvalue weighted by Gasteiger charge is 2.30. The van der Waals surface area contributed by atoms with Crippen molar-refractivity contribution in [1.29, 1.82) is 0 Å². The molecule has 1 aliphatic carbocycles. The lowest BCUT2D eigenvalue weighted by Gasteiger charge is -2.33. The largest absolute Gasteiger partial charge is 0.462 e. The van der Waals surface area contributed by atoms with Crippen LogP contribution in [0.1, 0.15) is 75.8 Å². The number of hydrogen-bond acceptors (Lipinski definition) is 5. The van der Waals surface area contributed by atoms with Crippen LogP contribution in [0.3, 0.4) is 0 Å². The van der Waals surface area contributed by atoms with Crippen molar-refractivity contribution in [3.05, 3.63) is 84.0 Å². The van der Waals surface area contributed by atoms with Gasteiger partial charge < -0.3 is 14.6 Å². The molecule has 0 amide bonds. The number of unbranched alkanes of at least 4 members (excludes halogenated alkanes) is 2. The monoisotopic (exact) mass is 532 g/mol. The van der Waals surface area contributed by atoms with Crippen LogP contribution in [-0.4, -0.2) is 36.9 Å². The van der Waals surface area contributed by atoms with Gasteiger partial charge in [0.1, 0.15) is 0 Å². The summed E-state index contributed by atoms with van der Waals surface area (Å²) in [7, 11) is 0. The molecule has 1 saturated carbocycles. The number of carbonyl (C=O) groups excluding carboxylic acids is 2. The van der Waals surface area contributed by atoms with Crippen molar-refractivity contribution in [2.75, 3.05) is 19.8 Å². The van der Waals surface area contributed by atoms with Gasteiger partial charge in [0.15, 0.2) is 0 Å². The second-order valence-corrected chi connectivity index (χ2v) is 10.9. The lowest BCUT2D eigenvalue weighted by atomic mass is 9.74. The molecular formula is C34H44O5. The predicted molar refractivity (Wildman–Crippen MR) is 156 cm³/mol. The number of carbonyl (C=O) groups is 2. The Balaban J connectivity index is 1.57. The molecule has 3 rings (SSSR count). The normalized spacial score (nSPS) is 17.7. The van der Waals surface area contributed by atoms with Gasteiger partial charge in [-0.05, 0) is 79.5 Å². The first-order valence-electron chi connectivity index (χ1n) is 14.3. The average Bonchev–Trinajstić information content (AvgIpc) is 2.97. The fraction of sp³-hybridized carbons (Fsp3) is 0.471. The van der Waals surface area contributed by atoms with Crippen molar-refractivity contribution in [2.45, 2.75) is 71.1 Å². The van der Waals surface area contributed by atoms with E-state index in [-0.39, 0.29) is 30.6 Å². The number of aliphatic hydroxyl groups is 1. The summed E-state index contributed by atoms with van der Waals surface area (Å²) in [6.07, 6.45) is 8.89. The summed E-state index contributed by atoms with van der Waals surface area (Å²) < 4.78 is 10.8. The van der Waals surface area contributed by atoms with Crippen molar-refractivity contribution < 1.29 is 24.2 Å². The van der Waals surface area contributed by atoms with Crippen LogP contribution in [-0.2, 0) is 25.5 Å². The molecule has 1 unspecified atom stereocenters. The molecule has 0 spiro atoms. The molecule has 5 heteroatoms.